The normalized spacial score (nSPS) is 8.33. The molecule has 0 radical (unpaired) electrons. The Kier molecular flexibility index (Phi) is 5.48. The number of nitrogens with one attached hydrogen (secondary N) is 1. The first-order valence-corrected chi connectivity index (χ1v) is 4.23. The number of benzene rings is 1. The number of carboxylic acid groups (broad SMARTS) is 1. The summed E-state index contributed by atoms with van der Waals surface area (Å²) in [6, 6.07) is 9.23. The molecule has 0 aliphatic carbocycles. The third-order valence-corrected chi connectivity index (χ3v) is 1.45. The minimum Gasteiger partial charge on any atom is -0.478 e. The molecule has 0 heterocycles. The van der Waals surface area contributed by atoms with Crippen LogP contribution in [0.25, 0.3) is 0 Å². The molecular formula is C11H14N2O2. The van der Waals surface area contributed by atoms with Gasteiger partial charge in [-0.2, -0.15) is 0 Å². The summed E-state index contributed by atoms with van der Waals surface area (Å²) in [5.41, 5.74) is 6.15. The number of hydrogen-bond acceptors (Lipinski definition) is 2. The van der Waals surface area contributed by atoms with Crippen molar-refractivity contribution in [3.63, 3.8) is 0 Å². The predicted octanol–water partition coefficient (Wildman–Crippen LogP) is 1.62. The number of nitrogen functional groups attached to an aromatic ring is 1. The van der Waals surface area contributed by atoms with Crippen LogP contribution in [0.2, 0.25) is 0 Å². The zero-order valence-corrected chi connectivity index (χ0v) is 8.53. The Morgan fingerprint density at radius 1 is 1.40 bits per heavy atom. The molecular weight excluding hydrogens is 192 g/mol. The zero-order valence-electron chi connectivity index (χ0n) is 8.53. The van der Waals surface area contributed by atoms with Crippen molar-refractivity contribution in [2.75, 3.05) is 0 Å². The molecule has 4 N–H and O–H groups in total. The highest BCUT2D eigenvalue weighted by molar-refractivity contribution is 5.94. The second-order valence-electron chi connectivity index (χ2n) is 2.87. The van der Waals surface area contributed by atoms with Gasteiger partial charge in [-0.25, -0.2) is 4.79 Å². The molecule has 4 nitrogen and oxygen atoms in total. The van der Waals surface area contributed by atoms with E-state index in [1.54, 1.807) is 0 Å². The molecule has 0 spiro atoms. The molecule has 0 aliphatic rings. The van der Waals surface area contributed by atoms with Crippen LogP contribution in [0.1, 0.15) is 12.5 Å². The largest absolute Gasteiger partial charge is 0.478 e. The molecule has 0 fully saturated rings. The average Bonchev–Trinajstić information content (AvgIpc) is 2.20. The van der Waals surface area contributed by atoms with Gasteiger partial charge in [-0.1, -0.05) is 36.9 Å². The second-order valence-corrected chi connectivity index (χ2v) is 2.87. The van der Waals surface area contributed by atoms with E-state index in [1.165, 1.54) is 6.92 Å². The second kappa shape index (κ2) is 6.37. The summed E-state index contributed by atoms with van der Waals surface area (Å²) in [7, 11) is 0. The number of aliphatic carboxylic acids is 1. The van der Waals surface area contributed by atoms with Gasteiger partial charge in [-0.05, 0) is 6.92 Å². The molecule has 0 saturated carbocycles. The molecule has 0 atom stereocenters. The number of amidine groups is 1. The van der Waals surface area contributed by atoms with Crippen LogP contribution in [0.3, 0.4) is 0 Å². The maximum atomic E-state index is 9.60. The lowest BCUT2D eigenvalue weighted by Gasteiger charge is -1.93. The fourth-order valence-corrected chi connectivity index (χ4v) is 0.618. The van der Waals surface area contributed by atoms with Gasteiger partial charge in [-0.3, -0.25) is 5.41 Å². The maximum Gasteiger partial charge on any atom is 0.330 e. The Hall–Kier alpha value is -2.10. The van der Waals surface area contributed by atoms with Crippen molar-refractivity contribution in [3.8, 4) is 0 Å². The summed E-state index contributed by atoms with van der Waals surface area (Å²) in [5.74, 6) is -0.814. The predicted molar refractivity (Wildman–Crippen MR) is 59.9 cm³/mol. The number of hydrogen-bond donors (Lipinski definition) is 3. The third-order valence-electron chi connectivity index (χ3n) is 1.45. The van der Waals surface area contributed by atoms with Gasteiger partial charge in [0.2, 0.25) is 0 Å². The number of carboxylic acids is 1. The summed E-state index contributed by atoms with van der Waals surface area (Å²) < 4.78 is 0. The van der Waals surface area contributed by atoms with Gasteiger partial charge in [0.15, 0.2) is 0 Å². The lowest BCUT2D eigenvalue weighted by molar-refractivity contribution is -0.132. The molecule has 15 heavy (non-hydrogen) atoms. The summed E-state index contributed by atoms with van der Waals surface area (Å²) in [6.45, 7) is 4.60. The van der Waals surface area contributed by atoms with Crippen molar-refractivity contribution < 1.29 is 9.90 Å². The molecule has 4 heteroatoms. The number of nitrogens with two attached hydrogens (primary N) is 1. The van der Waals surface area contributed by atoms with Crippen molar-refractivity contribution >= 4 is 11.8 Å². The Morgan fingerprint density at radius 2 is 1.80 bits per heavy atom. The van der Waals surface area contributed by atoms with Crippen molar-refractivity contribution in [3.05, 3.63) is 48.0 Å². The van der Waals surface area contributed by atoms with Crippen LogP contribution in [0.15, 0.2) is 42.5 Å². The van der Waals surface area contributed by atoms with E-state index in [4.69, 9.17) is 16.2 Å². The first-order chi connectivity index (χ1) is 6.95. The van der Waals surface area contributed by atoms with Crippen molar-refractivity contribution in [2.24, 2.45) is 5.73 Å². The summed E-state index contributed by atoms with van der Waals surface area (Å²) in [6.07, 6.45) is 0. The molecule has 80 valence electrons. The molecule has 0 saturated heterocycles. The minimum absolute atomic E-state index is 0.121. The van der Waals surface area contributed by atoms with Crippen LogP contribution in [0.5, 0.6) is 0 Å². The first kappa shape index (κ1) is 12.9. The van der Waals surface area contributed by atoms with E-state index in [9.17, 15) is 4.79 Å². The van der Waals surface area contributed by atoms with Crippen molar-refractivity contribution in [1.82, 2.24) is 0 Å². The quantitative estimate of drug-likeness (QED) is 0.390. The highest BCUT2D eigenvalue weighted by Gasteiger charge is 1.90. The van der Waals surface area contributed by atoms with Crippen LogP contribution >= 0.6 is 0 Å². The lowest BCUT2D eigenvalue weighted by Crippen LogP contribution is -2.10. The Balaban J connectivity index is 0.000000288. The Morgan fingerprint density at radius 3 is 2.00 bits per heavy atom. The van der Waals surface area contributed by atoms with Gasteiger partial charge in [-0.15, -0.1) is 0 Å². The van der Waals surface area contributed by atoms with Crippen LogP contribution in [-0.4, -0.2) is 16.9 Å². The van der Waals surface area contributed by atoms with Gasteiger partial charge in [0, 0.05) is 11.1 Å². The Bertz CT molecular complexity index is 346. The molecule has 0 bridgehead atoms. The molecule has 1 aromatic rings. The van der Waals surface area contributed by atoms with E-state index in [0.717, 1.165) is 5.56 Å². The van der Waals surface area contributed by atoms with Crippen molar-refractivity contribution in [1.29, 1.82) is 5.41 Å². The van der Waals surface area contributed by atoms with E-state index in [-0.39, 0.29) is 11.4 Å². The number of rotatable bonds is 2. The van der Waals surface area contributed by atoms with Crippen molar-refractivity contribution in [2.45, 2.75) is 6.92 Å². The number of carbonyl (C=O) groups is 1. The highest BCUT2D eigenvalue weighted by atomic mass is 16.4. The van der Waals surface area contributed by atoms with Crippen LogP contribution in [0, 0.1) is 5.41 Å². The van der Waals surface area contributed by atoms with Gasteiger partial charge in [0.05, 0.1) is 0 Å². The zero-order chi connectivity index (χ0) is 11.8. The lowest BCUT2D eigenvalue weighted by atomic mass is 10.2. The first-order valence-electron chi connectivity index (χ1n) is 4.23. The maximum absolute atomic E-state index is 9.60. The van der Waals surface area contributed by atoms with E-state index >= 15 is 0 Å². The topological polar surface area (TPSA) is 87.2 Å². The van der Waals surface area contributed by atoms with E-state index in [1.807, 2.05) is 30.3 Å². The van der Waals surface area contributed by atoms with E-state index in [2.05, 4.69) is 6.58 Å². The molecule has 1 rings (SSSR count). The minimum atomic E-state index is -0.935. The van der Waals surface area contributed by atoms with Crippen LogP contribution < -0.4 is 5.73 Å². The van der Waals surface area contributed by atoms with E-state index < -0.39 is 5.97 Å². The van der Waals surface area contributed by atoms with Crippen LogP contribution in [0.4, 0.5) is 0 Å². The molecule has 0 aliphatic heterocycles. The van der Waals surface area contributed by atoms with Crippen LogP contribution in [-0.2, 0) is 4.79 Å². The summed E-state index contributed by atoms with van der Waals surface area (Å²) >= 11 is 0. The summed E-state index contributed by atoms with van der Waals surface area (Å²) in [5, 5.41) is 14.9. The van der Waals surface area contributed by atoms with Gasteiger partial charge in [0.1, 0.15) is 5.84 Å². The SMILES string of the molecule is C=C(C)C(=O)O.N=C(N)c1ccccc1. The average molecular weight is 206 g/mol. The highest BCUT2D eigenvalue weighted by Crippen LogP contribution is 1.94. The fourth-order valence-electron chi connectivity index (χ4n) is 0.618. The molecule has 1 aromatic carbocycles. The monoisotopic (exact) mass is 206 g/mol. The molecule has 0 amide bonds. The third kappa shape index (κ3) is 6.04. The summed E-state index contributed by atoms with van der Waals surface area (Å²) in [4.78, 5) is 9.60. The smallest absolute Gasteiger partial charge is 0.330 e. The fraction of sp³-hybridized carbons (Fsp3) is 0.0909. The van der Waals surface area contributed by atoms with Gasteiger partial charge in [0.25, 0.3) is 0 Å². The van der Waals surface area contributed by atoms with Gasteiger partial charge < -0.3 is 10.8 Å². The Labute approximate surface area is 88.6 Å². The van der Waals surface area contributed by atoms with E-state index in [0.29, 0.717) is 0 Å². The molecule has 0 unspecified atom stereocenters. The standard InChI is InChI=1S/C7H8N2.C4H6O2/c8-7(9)6-4-2-1-3-5-6;1-3(2)4(5)6/h1-5H,(H3,8,9);1H2,2H3,(H,5,6). The molecule has 0 aromatic heterocycles. The van der Waals surface area contributed by atoms with Gasteiger partial charge >= 0.3 is 5.97 Å².